The zero-order valence-corrected chi connectivity index (χ0v) is 12.0. The normalized spacial score (nSPS) is 12.9. The summed E-state index contributed by atoms with van der Waals surface area (Å²) in [5, 5.41) is 9.31. The number of ether oxygens (including phenoxy) is 2. The summed E-state index contributed by atoms with van der Waals surface area (Å²) in [7, 11) is 1.21. The maximum absolute atomic E-state index is 12.0. The number of esters is 2. The van der Waals surface area contributed by atoms with Gasteiger partial charge in [-0.3, -0.25) is 0 Å². The topological polar surface area (TPSA) is 98.9 Å². The van der Waals surface area contributed by atoms with Crippen LogP contribution in [0.15, 0.2) is 6.07 Å². The van der Waals surface area contributed by atoms with Crippen molar-refractivity contribution in [2.45, 2.75) is 32.6 Å². The third-order valence-electron chi connectivity index (χ3n) is 2.03. The molecule has 1 heterocycles. The number of carbonyl (C=O) groups is 2. The van der Waals surface area contributed by atoms with E-state index in [1.165, 1.54) is 13.2 Å². The molecule has 0 saturated heterocycles. The fourth-order valence-corrected chi connectivity index (χ4v) is 2.24. The molecule has 0 radical (unpaired) electrons. The number of nitrogens with two attached hydrogens (primary N) is 1. The minimum absolute atomic E-state index is 0.0475. The first-order valence-electron chi connectivity index (χ1n) is 5.54. The fourth-order valence-electron chi connectivity index (χ4n) is 1.28. The van der Waals surface area contributed by atoms with Gasteiger partial charge in [-0.25, -0.2) is 9.59 Å². The molecule has 0 aliphatic carbocycles. The SMILES string of the molecule is COC(=O)c1sc(C(N)O)cc1C(=O)OC(C)(C)C. The average molecular weight is 287 g/mol. The number of hydrogen-bond donors (Lipinski definition) is 2. The summed E-state index contributed by atoms with van der Waals surface area (Å²) in [6.07, 6.45) is -1.26. The van der Waals surface area contributed by atoms with Gasteiger partial charge in [0.05, 0.1) is 12.7 Å². The van der Waals surface area contributed by atoms with Crippen LogP contribution in [0.5, 0.6) is 0 Å². The lowest BCUT2D eigenvalue weighted by Crippen LogP contribution is -2.24. The van der Waals surface area contributed by atoms with Crippen LogP contribution in [0.3, 0.4) is 0 Å². The molecule has 1 atom stereocenters. The number of aliphatic hydroxyl groups is 1. The Morgan fingerprint density at radius 3 is 2.37 bits per heavy atom. The summed E-state index contributed by atoms with van der Waals surface area (Å²) in [5.41, 5.74) is 4.69. The van der Waals surface area contributed by atoms with Crippen LogP contribution in [0, 0.1) is 0 Å². The quantitative estimate of drug-likeness (QED) is 0.644. The molecule has 1 unspecified atom stereocenters. The lowest BCUT2D eigenvalue weighted by atomic mass is 10.1. The smallest absolute Gasteiger partial charge is 0.348 e. The van der Waals surface area contributed by atoms with Gasteiger partial charge >= 0.3 is 11.9 Å². The Labute approximate surface area is 115 Å². The molecule has 0 aliphatic rings. The van der Waals surface area contributed by atoms with E-state index < -0.39 is 23.8 Å². The molecule has 19 heavy (non-hydrogen) atoms. The molecule has 0 spiro atoms. The average Bonchev–Trinajstić information content (AvgIpc) is 2.70. The number of carbonyl (C=O) groups excluding carboxylic acids is 2. The van der Waals surface area contributed by atoms with E-state index in [9.17, 15) is 14.7 Å². The molecular weight excluding hydrogens is 270 g/mol. The van der Waals surface area contributed by atoms with Crippen LogP contribution in [-0.4, -0.2) is 29.8 Å². The van der Waals surface area contributed by atoms with Gasteiger partial charge in [0.15, 0.2) is 0 Å². The van der Waals surface area contributed by atoms with Gasteiger partial charge in [0.2, 0.25) is 0 Å². The van der Waals surface area contributed by atoms with Gasteiger partial charge in [-0.15, -0.1) is 11.3 Å². The third kappa shape index (κ3) is 4.02. The summed E-state index contributed by atoms with van der Waals surface area (Å²) >= 11 is 0.904. The van der Waals surface area contributed by atoms with Crippen LogP contribution < -0.4 is 5.73 Å². The molecule has 3 N–H and O–H groups in total. The third-order valence-corrected chi connectivity index (χ3v) is 3.22. The molecule has 0 bridgehead atoms. The molecule has 0 aromatic carbocycles. The van der Waals surface area contributed by atoms with Crippen molar-refractivity contribution >= 4 is 23.3 Å². The van der Waals surface area contributed by atoms with E-state index in [1.54, 1.807) is 20.8 Å². The van der Waals surface area contributed by atoms with E-state index in [4.69, 9.17) is 10.5 Å². The van der Waals surface area contributed by atoms with Gasteiger partial charge in [-0.05, 0) is 26.8 Å². The molecule has 7 heteroatoms. The van der Waals surface area contributed by atoms with Gasteiger partial charge < -0.3 is 20.3 Å². The number of methoxy groups -OCH3 is 1. The van der Waals surface area contributed by atoms with Crippen molar-refractivity contribution in [3.8, 4) is 0 Å². The number of thiophene rings is 1. The summed E-state index contributed by atoms with van der Waals surface area (Å²) in [6.45, 7) is 5.15. The maximum Gasteiger partial charge on any atom is 0.348 e. The van der Waals surface area contributed by atoms with Crippen LogP contribution in [0.25, 0.3) is 0 Å². The lowest BCUT2D eigenvalue weighted by Gasteiger charge is -2.19. The Hall–Kier alpha value is -1.44. The standard InChI is InChI=1S/C12H17NO5S/c1-12(2,3)18-10(15)6-5-7(9(13)14)19-8(6)11(16)17-4/h5,9,14H,13H2,1-4H3. The van der Waals surface area contributed by atoms with Crippen molar-refractivity contribution in [2.24, 2.45) is 5.73 Å². The first kappa shape index (κ1) is 15.6. The highest BCUT2D eigenvalue weighted by atomic mass is 32.1. The van der Waals surface area contributed by atoms with Crippen molar-refractivity contribution in [1.29, 1.82) is 0 Å². The molecule has 1 aromatic rings. The molecule has 106 valence electrons. The summed E-state index contributed by atoms with van der Waals surface area (Å²) in [5.74, 6) is -1.33. The Kier molecular flexibility index (Phi) is 4.67. The monoisotopic (exact) mass is 287 g/mol. The first-order chi connectivity index (χ1) is 8.65. The van der Waals surface area contributed by atoms with Crippen LogP contribution in [-0.2, 0) is 9.47 Å². The number of hydrogen-bond acceptors (Lipinski definition) is 7. The molecule has 1 aromatic heterocycles. The molecule has 0 aliphatic heterocycles. The second-order valence-electron chi connectivity index (χ2n) is 4.83. The summed E-state index contributed by atoms with van der Waals surface area (Å²) in [4.78, 5) is 23.9. The first-order valence-corrected chi connectivity index (χ1v) is 6.36. The molecule has 0 fully saturated rings. The van der Waals surface area contributed by atoms with Crippen molar-refractivity contribution in [3.63, 3.8) is 0 Å². The minimum Gasteiger partial charge on any atom is -0.465 e. The van der Waals surface area contributed by atoms with Crippen LogP contribution in [0.4, 0.5) is 0 Å². The highest BCUT2D eigenvalue weighted by molar-refractivity contribution is 7.14. The second-order valence-corrected chi connectivity index (χ2v) is 5.91. The Morgan fingerprint density at radius 1 is 1.37 bits per heavy atom. The molecule has 0 saturated carbocycles. The Bertz CT molecular complexity index is 487. The highest BCUT2D eigenvalue weighted by Crippen LogP contribution is 2.28. The van der Waals surface area contributed by atoms with E-state index in [-0.39, 0.29) is 10.4 Å². The van der Waals surface area contributed by atoms with Gasteiger partial charge in [-0.2, -0.15) is 0 Å². The zero-order chi connectivity index (χ0) is 14.8. The van der Waals surface area contributed by atoms with Crippen molar-refractivity contribution in [2.75, 3.05) is 7.11 Å². The lowest BCUT2D eigenvalue weighted by molar-refractivity contribution is 0.00661. The van der Waals surface area contributed by atoms with E-state index in [1.807, 2.05) is 0 Å². The van der Waals surface area contributed by atoms with Gasteiger partial charge in [0.1, 0.15) is 16.7 Å². The highest BCUT2D eigenvalue weighted by Gasteiger charge is 2.27. The van der Waals surface area contributed by atoms with Gasteiger partial charge in [0, 0.05) is 4.88 Å². The fraction of sp³-hybridized carbons (Fsp3) is 0.500. The summed E-state index contributed by atoms with van der Waals surface area (Å²) in [6, 6.07) is 1.34. The van der Waals surface area contributed by atoms with Gasteiger partial charge in [0.25, 0.3) is 0 Å². The number of aliphatic hydroxyl groups excluding tert-OH is 1. The molecule has 6 nitrogen and oxygen atoms in total. The van der Waals surface area contributed by atoms with E-state index in [0.717, 1.165) is 11.3 Å². The summed E-state index contributed by atoms with van der Waals surface area (Å²) < 4.78 is 9.78. The Balaban J connectivity index is 3.17. The predicted molar refractivity (Wildman–Crippen MR) is 70.0 cm³/mol. The van der Waals surface area contributed by atoms with Crippen molar-refractivity contribution in [1.82, 2.24) is 0 Å². The van der Waals surface area contributed by atoms with Crippen LogP contribution in [0.1, 0.15) is 51.9 Å². The van der Waals surface area contributed by atoms with Crippen LogP contribution >= 0.6 is 11.3 Å². The maximum atomic E-state index is 12.0. The van der Waals surface area contributed by atoms with Crippen LogP contribution in [0.2, 0.25) is 0 Å². The van der Waals surface area contributed by atoms with Crippen molar-refractivity contribution in [3.05, 3.63) is 21.4 Å². The van der Waals surface area contributed by atoms with E-state index >= 15 is 0 Å². The minimum atomic E-state index is -1.26. The van der Waals surface area contributed by atoms with E-state index in [2.05, 4.69) is 4.74 Å². The zero-order valence-electron chi connectivity index (χ0n) is 11.2. The Morgan fingerprint density at radius 2 is 1.95 bits per heavy atom. The molecule has 1 rings (SSSR count). The molecule has 0 amide bonds. The second kappa shape index (κ2) is 5.68. The van der Waals surface area contributed by atoms with E-state index in [0.29, 0.717) is 4.88 Å². The van der Waals surface area contributed by atoms with Gasteiger partial charge in [-0.1, -0.05) is 0 Å². The number of rotatable bonds is 3. The van der Waals surface area contributed by atoms with Crippen molar-refractivity contribution < 1.29 is 24.2 Å². The molecular formula is C12H17NO5S. The predicted octanol–water partition coefficient (Wildman–Crippen LogP) is 1.44. The largest absolute Gasteiger partial charge is 0.465 e.